The molecule has 0 radical (unpaired) electrons. The van der Waals surface area contributed by atoms with Gasteiger partial charge in [0, 0.05) is 15.4 Å². The molecule has 0 bridgehead atoms. The van der Waals surface area contributed by atoms with E-state index >= 15 is 0 Å². The summed E-state index contributed by atoms with van der Waals surface area (Å²) in [6.07, 6.45) is 1.18. The summed E-state index contributed by atoms with van der Waals surface area (Å²) in [4.78, 5) is 2.24. The molecule has 0 aromatic heterocycles. The van der Waals surface area contributed by atoms with E-state index in [9.17, 15) is 0 Å². The monoisotopic (exact) mass is 284 g/mol. The normalized spacial score (nSPS) is 12.2. The Kier molecular flexibility index (Phi) is 6.60. The molecule has 3 heteroatoms. The van der Waals surface area contributed by atoms with Gasteiger partial charge in [-0.15, -0.1) is 24.4 Å². The highest BCUT2D eigenvalue weighted by Crippen LogP contribution is 2.33. The van der Waals surface area contributed by atoms with Crippen LogP contribution in [0.5, 0.6) is 0 Å². The van der Waals surface area contributed by atoms with E-state index in [1.165, 1.54) is 22.4 Å². The van der Waals surface area contributed by atoms with Gasteiger partial charge in [-0.05, 0) is 41.2 Å². The van der Waals surface area contributed by atoms with Crippen LogP contribution >= 0.6 is 37.0 Å². The largest absolute Gasteiger partial charge is 0.150 e. The molecule has 0 nitrogen and oxygen atoms in total. The third-order valence-corrected chi connectivity index (χ3v) is 4.64. The fraction of sp³-hybridized carbons (Fsp3) is 0.429. The van der Waals surface area contributed by atoms with Crippen LogP contribution in [0.4, 0.5) is 0 Å². The maximum atomic E-state index is 4.50. The van der Waals surface area contributed by atoms with Crippen LogP contribution in [0.15, 0.2) is 28.5 Å². The Morgan fingerprint density at radius 1 is 1.41 bits per heavy atom. The summed E-state index contributed by atoms with van der Waals surface area (Å²) in [5.74, 6) is 1.68. The minimum absolute atomic E-state index is 0.542. The summed E-state index contributed by atoms with van der Waals surface area (Å²) in [6, 6.07) is 6.65. The van der Waals surface area contributed by atoms with Crippen LogP contribution in [0.25, 0.3) is 4.91 Å². The molecule has 1 rings (SSSR count). The zero-order chi connectivity index (χ0) is 12.8. The first-order chi connectivity index (χ1) is 8.10. The van der Waals surface area contributed by atoms with Crippen LogP contribution in [0, 0.1) is 0 Å². The van der Waals surface area contributed by atoms with Gasteiger partial charge in [0.05, 0.1) is 0 Å². The van der Waals surface area contributed by atoms with Crippen molar-refractivity contribution in [3.63, 3.8) is 0 Å². The molecule has 1 aromatic carbocycles. The molecule has 1 aromatic rings. The Hall–Kier alpha value is 0.01000. The lowest BCUT2D eigenvalue weighted by molar-refractivity contribution is 0.864. The van der Waals surface area contributed by atoms with E-state index in [0.717, 1.165) is 10.7 Å². The van der Waals surface area contributed by atoms with Gasteiger partial charge in [0.2, 0.25) is 0 Å². The number of hydrogen-bond acceptors (Lipinski definition) is 3. The Bertz CT molecular complexity index is 394. The van der Waals surface area contributed by atoms with Crippen LogP contribution in [-0.2, 0) is 0 Å². The van der Waals surface area contributed by atoms with Gasteiger partial charge >= 0.3 is 0 Å². The molecule has 0 aliphatic rings. The van der Waals surface area contributed by atoms with Crippen molar-refractivity contribution in [2.75, 3.05) is 5.75 Å². The molecule has 0 atom stereocenters. The second-order valence-electron chi connectivity index (χ2n) is 4.27. The van der Waals surface area contributed by atoms with Crippen LogP contribution in [-0.4, -0.2) is 5.75 Å². The predicted molar refractivity (Wildman–Crippen MR) is 87.5 cm³/mol. The number of benzene rings is 1. The average Bonchev–Trinajstić information content (AvgIpc) is 2.35. The van der Waals surface area contributed by atoms with Crippen molar-refractivity contribution in [3.05, 3.63) is 34.7 Å². The molecule has 17 heavy (non-hydrogen) atoms. The highest BCUT2D eigenvalue weighted by atomic mass is 32.2. The first-order valence-corrected chi connectivity index (χ1v) is 7.85. The average molecular weight is 285 g/mol. The van der Waals surface area contributed by atoms with Gasteiger partial charge in [-0.3, -0.25) is 0 Å². The summed E-state index contributed by atoms with van der Waals surface area (Å²) < 4.78 is 0. The highest BCUT2D eigenvalue weighted by Gasteiger charge is 2.08. The van der Waals surface area contributed by atoms with Crippen molar-refractivity contribution >= 4 is 41.9 Å². The molecule has 94 valence electrons. The maximum Gasteiger partial charge on any atom is 0.0185 e. The third-order valence-electron chi connectivity index (χ3n) is 2.53. The molecule has 0 aliphatic carbocycles. The Morgan fingerprint density at radius 2 is 2.12 bits per heavy atom. The second-order valence-corrected chi connectivity index (χ2v) is 6.15. The van der Waals surface area contributed by atoms with Crippen LogP contribution < -0.4 is 0 Å². The van der Waals surface area contributed by atoms with Crippen LogP contribution in [0.1, 0.15) is 44.2 Å². The Balaban J connectivity index is 3.12. The van der Waals surface area contributed by atoms with Crippen molar-refractivity contribution < 1.29 is 0 Å². The molecular formula is C14H20S3. The van der Waals surface area contributed by atoms with Crippen molar-refractivity contribution in [2.45, 2.75) is 38.0 Å². The van der Waals surface area contributed by atoms with E-state index in [2.05, 4.69) is 64.2 Å². The van der Waals surface area contributed by atoms with Gasteiger partial charge in [-0.1, -0.05) is 26.8 Å². The second kappa shape index (κ2) is 7.45. The summed E-state index contributed by atoms with van der Waals surface area (Å²) in [6.45, 7) is 6.62. The van der Waals surface area contributed by atoms with Crippen molar-refractivity contribution in [3.8, 4) is 0 Å². The van der Waals surface area contributed by atoms with E-state index in [-0.39, 0.29) is 0 Å². The number of thioether (sulfide) groups is 1. The predicted octanol–water partition coefficient (Wildman–Crippen LogP) is 5.47. The number of hydrogen-bond donors (Lipinski definition) is 2. The summed E-state index contributed by atoms with van der Waals surface area (Å²) in [5.41, 5.74) is 2.55. The van der Waals surface area contributed by atoms with E-state index in [1.54, 1.807) is 5.41 Å². The van der Waals surface area contributed by atoms with Gasteiger partial charge in [-0.2, -0.15) is 12.6 Å². The van der Waals surface area contributed by atoms with Gasteiger partial charge in [0.25, 0.3) is 0 Å². The van der Waals surface area contributed by atoms with Gasteiger partial charge in [0.15, 0.2) is 0 Å². The molecule has 0 unspecified atom stereocenters. The highest BCUT2D eigenvalue weighted by molar-refractivity contribution is 7.99. The molecule has 0 aliphatic heterocycles. The van der Waals surface area contributed by atoms with Gasteiger partial charge in [0.1, 0.15) is 0 Å². The Morgan fingerprint density at radius 3 is 2.65 bits per heavy atom. The minimum atomic E-state index is 0.542. The molecule has 0 amide bonds. The first kappa shape index (κ1) is 15.1. The molecule has 0 spiro atoms. The van der Waals surface area contributed by atoms with Crippen LogP contribution in [0.3, 0.4) is 0 Å². The zero-order valence-corrected chi connectivity index (χ0v) is 13.2. The lowest BCUT2D eigenvalue weighted by Crippen LogP contribution is -1.92. The summed E-state index contributed by atoms with van der Waals surface area (Å²) in [7, 11) is 0. The zero-order valence-electron chi connectivity index (χ0n) is 10.6. The van der Waals surface area contributed by atoms with E-state index in [4.69, 9.17) is 0 Å². The first-order valence-electron chi connectivity index (χ1n) is 5.90. The molecule has 0 saturated carbocycles. The number of thiol groups is 2. The SMILES string of the molecule is CCCSc1ccc(C(C)C)cc1/C(S)=C/S. The lowest BCUT2D eigenvalue weighted by atomic mass is 10.0. The minimum Gasteiger partial charge on any atom is -0.150 e. The van der Waals surface area contributed by atoms with Crippen molar-refractivity contribution in [1.82, 2.24) is 0 Å². The molecule has 0 saturated heterocycles. The standard InChI is InChI=1S/C14H20S3/c1-4-7-17-14-6-5-11(10(2)3)8-12(14)13(16)9-15/h5-6,8-10,15-16H,4,7H2,1-3H3/b13-9-. The van der Waals surface area contributed by atoms with Crippen molar-refractivity contribution in [1.29, 1.82) is 0 Å². The van der Waals surface area contributed by atoms with E-state index < -0.39 is 0 Å². The molecule has 0 N–H and O–H groups in total. The fourth-order valence-corrected chi connectivity index (χ4v) is 2.83. The summed E-state index contributed by atoms with van der Waals surface area (Å²) >= 11 is 10.6. The van der Waals surface area contributed by atoms with Crippen LogP contribution in [0.2, 0.25) is 0 Å². The molecular weight excluding hydrogens is 264 g/mol. The third kappa shape index (κ3) is 4.31. The topological polar surface area (TPSA) is 0 Å². The summed E-state index contributed by atoms with van der Waals surface area (Å²) in [5, 5.41) is 1.76. The van der Waals surface area contributed by atoms with Gasteiger partial charge < -0.3 is 0 Å². The number of rotatable bonds is 5. The Labute approximate surface area is 120 Å². The van der Waals surface area contributed by atoms with Gasteiger partial charge in [-0.25, -0.2) is 0 Å². The fourth-order valence-electron chi connectivity index (χ4n) is 1.51. The van der Waals surface area contributed by atoms with E-state index in [0.29, 0.717) is 5.92 Å². The lowest BCUT2D eigenvalue weighted by Gasteiger charge is -2.13. The smallest absolute Gasteiger partial charge is 0.0185 e. The molecule has 0 fully saturated rings. The van der Waals surface area contributed by atoms with E-state index in [1.807, 2.05) is 11.8 Å². The van der Waals surface area contributed by atoms with Crippen molar-refractivity contribution in [2.24, 2.45) is 0 Å². The molecule has 0 heterocycles. The maximum absolute atomic E-state index is 4.50. The quantitative estimate of drug-likeness (QED) is 0.534.